The first-order valence-electron chi connectivity index (χ1n) is 8.62. The second-order valence-corrected chi connectivity index (χ2v) is 6.00. The first-order chi connectivity index (χ1) is 12.2. The van der Waals surface area contributed by atoms with Crippen molar-refractivity contribution in [2.24, 2.45) is 4.99 Å². The van der Waals surface area contributed by atoms with E-state index in [1.165, 1.54) is 5.56 Å². The number of nitrogens with one attached hydrogen (secondary N) is 2. The number of nitrogens with zero attached hydrogens (tertiary/aromatic N) is 1. The van der Waals surface area contributed by atoms with Gasteiger partial charge in [-0.1, -0.05) is 6.07 Å². The van der Waals surface area contributed by atoms with Crippen molar-refractivity contribution in [3.05, 3.63) is 46.9 Å². The van der Waals surface area contributed by atoms with Crippen molar-refractivity contribution in [1.82, 2.24) is 10.6 Å². The molecule has 0 bridgehead atoms. The van der Waals surface area contributed by atoms with Gasteiger partial charge in [-0.05, 0) is 51.0 Å². The molecule has 3 rings (SSSR count). The lowest BCUT2D eigenvalue weighted by atomic mass is 10.1. The summed E-state index contributed by atoms with van der Waals surface area (Å²) in [5, 5.41) is 6.64. The number of benzene rings is 1. The number of aryl methyl sites for hydroxylation is 2. The molecule has 6 nitrogen and oxygen atoms in total. The van der Waals surface area contributed by atoms with Crippen LogP contribution in [-0.2, 0) is 13.0 Å². The highest BCUT2D eigenvalue weighted by Crippen LogP contribution is 2.32. The van der Waals surface area contributed by atoms with Crippen LogP contribution in [0.3, 0.4) is 0 Å². The molecule has 0 radical (unpaired) electrons. The summed E-state index contributed by atoms with van der Waals surface area (Å²) in [4.78, 5) is 4.64. The Balaban J connectivity index is 1.54. The van der Waals surface area contributed by atoms with Crippen LogP contribution in [0.4, 0.5) is 0 Å². The van der Waals surface area contributed by atoms with E-state index in [0.717, 1.165) is 54.1 Å². The highest BCUT2D eigenvalue weighted by Gasteiger charge is 2.13. The van der Waals surface area contributed by atoms with E-state index in [1.807, 2.05) is 32.0 Å². The Kier molecular flexibility index (Phi) is 5.48. The normalized spacial score (nSPS) is 13.2. The number of rotatable bonds is 6. The molecule has 2 N–H and O–H groups in total. The fourth-order valence-corrected chi connectivity index (χ4v) is 2.77. The third kappa shape index (κ3) is 4.47. The van der Waals surface area contributed by atoms with E-state index in [0.29, 0.717) is 13.3 Å². The molecule has 1 aliphatic rings. The molecule has 1 aliphatic heterocycles. The summed E-state index contributed by atoms with van der Waals surface area (Å²) in [6.45, 7) is 8.49. The van der Waals surface area contributed by atoms with Gasteiger partial charge in [0.2, 0.25) is 6.79 Å². The van der Waals surface area contributed by atoms with E-state index in [1.54, 1.807) is 0 Å². The third-order valence-electron chi connectivity index (χ3n) is 4.04. The molecular formula is C19H25N3O3. The molecule has 6 heteroatoms. The van der Waals surface area contributed by atoms with Crippen molar-refractivity contribution in [2.45, 2.75) is 33.7 Å². The molecule has 1 aromatic heterocycles. The van der Waals surface area contributed by atoms with Gasteiger partial charge < -0.3 is 24.5 Å². The standard InChI is InChI=1S/C19H25N3O3/c1-4-20-19(22-11-16-9-13(2)25-14(16)3)21-8-7-15-5-6-17-18(10-15)24-12-23-17/h5-6,9-10H,4,7-8,11-12H2,1-3H3,(H2,20,21,22). The smallest absolute Gasteiger partial charge is 0.231 e. The summed E-state index contributed by atoms with van der Waals surface area (Å²) in [7, 11) is 0. The van der Waals surface area contributed by atoms with Crippen LogP contribution in [0.1, 0.15) is 29.6 Å². The molecule has 0 amide bonds. The van der Waals surface area contributed by atoms with Crippen LogP contribution in [-0.4, -0.2) is 25.8 Å². The van der Waals surface area contributed by atoms with Gasteiger partial charge in [0.25, 0.3) is 0 Å². The van der Waals surface area contributed by atoms with E-state index >= 15 is 0 Å². The van der Waals surface area contributed by atoms with Crippen molar-refractivity contribution in [3.8, 4) is 11.5 Å². The van der Waals surface area contributed by atoms with Gasteiger partial charge in [-0.15, -0.1) is 0 Å². The molecule has 2 aromatic rings. The minimum Gasteiger partial charge on any atom is -0.466 e. The molecule has 0 spiro atoms. The maximum absolute atomic E-state index is 5.55. The minimum atomic E-state index is 0.307. The number of guanidine groups is 1. The molecule has 0 atom stereocenters. The SMILES string of the molecule is CCNC(=NCc1cc(C)oc1C)NCCc1ccc2c(c1)OCO2. The summed E-state index contributed by atoms with van der Waals surface area (Å²) in [5.41, 5.74) is 2.32. The van der Waals surface area contributed by atoms with Crippen LogP contribution in [0.15, 0.2) is 33.7 Å². The van der Waals surface area contributed by atoms with Crippen molar-refractivity contribution in [2.75, 3.05) is 19.9 Å². The number of furan rings is 1. The second-order valence-electron chi connectivity index (χ2n) is 6.00. The Bertz CT molecular complexity index is 752. The Morgan fingerprint density at radius 2 is 1.96 bits per heavy atom. The van der Waals surface area contributed by atoms with Crippen molar-refractivity contribution < 1.29 is 13.9 Å². The zero-order chi connectivity index (χ0) is 17.6. The fourth-order valence-electron chi connectivity index (χ4n) is 2.77. The Hall–Kier alpha value is -2.63. The van der Waals surface area contributed by atoms with Crippen LogP contribution in [0.2, 0.25) is 0 Å². The van der Waals surface area contributed by atoms with Gasteiger partial charge in [0, 0.05) is 18.7 Å². The quantitative estimate of drug-likeness (QED) is 0.623. The van der Waals surface area contributed by atoms with Gasteiger partial charge in [0.1, 0.15) is 11.5 Å². The molecule has 134 valence electrons. The third-order valence-corrected chi connectivity index (χ3v) is 4.04. The highest BCUT2D eigenvalue weighted by molar-refractivity contribution is 5.79. The molecule has 0 fully saturated rings. The molecule has 1 aromatic carbocycles. The van der Waals surface area contributed by atoms with Gasteiger partial charge in [-0.2, -0.15) is 0 Å². The lowest BCUT2D eigenvalue weighted by Crippen LogP contribution is -2.38. The van der Waals surface area contributed by atoms with E-state index in [-0.39, 0.29) is 0 Å². The molecular weight excluding hydrogens is 318 g/mol. The maximum Gasteiger partial charge on any atom is 0.231 e. The number of hydrogen-bond acceptors (Lipinski definition) is 4. The van der Waals surface area contributed by atoms with Crippen LogP contribution >= 0.6 is 0 Å². The number of fused-ring (bicyclic) bond motifs is 1. The monoisotopic (exact) mass is 343 g/mol. The van der Waals surface area contributed by atoms with Crippen LogP contribution in [0.25, 0.3) is 0 Å². The van der Waals surface area contributed by atoms with Crippen molar-refractivity contribution >= 4 is 5.96 Å². The molecule has 0 aliphatic carbocycles. The van der Waals surface area contributed by atoms with E-state index in [4.69, 9.17) is 13.9 Å². The van der Waals surface area contributed by atoms with Crippen LogP contribution < -0.4 is 20.1 Å². The molecule has 2 heterocycles. The summed E-state index contributed by atoms with van der Waals surface area (Å²) in [6, 6.07) is 8.10. The Labute approximate surface area is 148 Å². The molecule has 0 unspecified atom stereocenters. The van der Waals surface area contributed by atoms with E-state index in [9.17, 15) is 0 Å². The number of hydrogen-bond donors (Lipinski definition) is 2. The summed E-state index contributed by atoms with van der Waals surface area (Å²) in [6.07, 6.45) is 0.880. The summed E-state index contributed by atoms with van der Waals surface area (Å²) in [5.74, 6) is 4.30. The van der Waals surface area contributed by atoms with Crippen LogP contribution in [0, 0.1) is 13.8 Å². The molecule has 25 heavy (non-hydrogen) atoms. The average Bonchev–Trinajstić information content (AvgIpc) is 3.18. The van der Waals surface area contributed by atoms with Gasteiger partial charge in [0.15, 0.2) is 17.5 Å². The second kappa shape index (κ2) is 7.96. The summed E-state index contributed by atoms with van der Waals surface area (Å²) >= 11 is 0. The zero-order valence-electron chi connectivity index (χ0n) is 15.0. The van der Waals surface area contributed by atoms with Gasteiger partial charge >= 0.3 is 0 Å². The molecule has 0 saturated carbocycles. The van der Waals surface area contributed by atoms with E-state index in [2.05, 4.69) is 28.6 Å². The topological polar surface area (TPSA) is 68.0 Å². The fraction of sp³-hybridized carbons (Fsp3) is 0.421. The minimum absolute atomic E-state index is 0.307. The number of aliphatic imine (C=N–C) groups is 1. The van der Waals surface area contributed by atoms with Gasteiger partial charge in [-0.3, -0.25) is 0 Å². The predicted molar refractivity (Wildman–Crippen MR) is 97.3 cm³/mol. The molecule has 0 saturated heterocycles. The Morgan fingerprint density at radius 3 is 2.72 bits per heavy atom. The largest absolute Gasteiger partial charge is 0.466 e. The van der Waals surface area contributed by atoms with Gasteiger partial charge in [-0.25, -0.2) is 4.99 Å². The lowest BCUT2D eigenvalue weighted by Gasteiger charge is -2.11. The van der Waals surface area contributed by atoms with Gasteiger partial charge in [0.05, 0.1) is 6.54 Å². The predicted octanol–water partition coefficient (Wildman–Crippen LogP) is 2.92. The first kappa shape index (κ1) is 17.2. The first-order valence-corrected chi connectivity index (χ1v) is 8.62. The van der Waals surface area contributed by atoms with Crippen molar-refractivity contribution in [3.63, 3.8) is 0 Å². The zero-order valence-corrected chi connectivity index (χ0v) is 15.0. The maximum atomic E-state index is 5.55. The summed E-state index contributed by atoms with van der Waals surface area (Å²) < 4.78 is 16.3. The highest BCUT2D eigenvalue weighted by atomic mass is 16.7. The lowest BCUT2D eigenvalue weighted by molar-refractivity contribution is 0.174. The van der Waals surface area contributed by atoms with Crippen LogP contribution in [0.5, 0.6) is 11.5 Å². The Morgan fingerprint density at radius 1 is 1.12 bits per heavy atom. The van der Waals surface area contributed by atoms with E-state index < -0.39 is 0 Å². The van der Waals surface area contributed by atoms with Crippen molar-refractivity contribution in [1.29, 1.82) is 0 Å². The number of ether oxygens (including phenoxy) is 2. The average molecular weight is 343 g/mol.